The highest BCUT2D eigenvalue weighted by Gasteiger charge is 2.25. The van der Waals surface area contributed by atoms with Crippen molar-refractivity contribution in [1.29, 1.82) is 0 Å². The molecule has 3 heterocycles. The lowest BCUT2D eigenvalue weighted by Crippen LogP contribution is -2.35. The lowest BCUT2D eigenvalue weighted by atomic mass is 9.95. The number of rotatable bonds is 5. The van der Waals surface area contributed by atoms with Crippen LogP contribution in [0.15, 0.2) is 48.5 Å². The topological polar surface area (TPSA) is 57.7 Å². The van der Waals surface area contributed by atoms with Crippen LogP contribution in [0.4, 0.5) is 5.69 Å². The number of para-hydroxylation sites is 1. The maximum absolute atomic E-state index is 13.5. The smallest absolute Gasteiger partial charge is 0.256 e. The highest BCUT2D eigenvalue weighted by Crippen LogP contribution is 2.29. The van der Waals surface area contributed by atoms with E-state index in [9.17, 15) is 4.79 Å². The zero-order valence-corrected chi connectivity index (χ0v) is 18.6. The summed E-state index contributed by atoms with van der Waals surface area (Å²) in [6.45, 7) is 9.33. The Hall–Kier alpha value is -2.80. The van der Waals surface area contributed by atoms with Gasteiger partial charge in [0.2, 0.25) is 0 Å². The number of hydrogen-bond acceptors (Lipinski definition) is 5. The van der Waals surface area contributed by atoms with Crippen LogP contribution in [0, 0.1) is 0 Å². The van der Waals surface area contributed by atoms with E-state index in [0.29, 0.717) is 0 Å². The third-order valence-corrected chi connectivity index (χ3v) is 6.52. The molecule has 1 saturated heterocycles. The lowest BCUT2D eigenvalue weighted by Gasteiger charge is -2.29. The molecule has 0 radical (unpaired) electrons. The molecule has 0 spiro atoms. The van der Waals surface area contributed by atoms with E-state index in [2.05, 4.69) is 34.2 Å². The number of hydrogen-bond donors (Lipinski definition) is 1. The van der Waals surface area contributed by atoms with Crippen molar-refractivity contribution in [2.75, 3.05) is 44.7 Å². The Bertz CT molecular complexity index is 1110. The highest BCUT2D eigenvalue weighted by atomic mass is 16.5. The fraction of sp³-hybridized carbons (Fsp3) is 0.385. The van der Waals surface area contributed by atoms with Crippen LogP contribution in [0.25, 0.3) is 10.9 Å². The quantitative estimate of drug-likeness (QED) is 0.669. The molecule has 6 heteroatoms. The average molecular weight is 431 g/mol. The normalized spacial score (nSPS) is 17.3. The zero-order valence-electron chi connectivity index (χ0n) is 18.6. The van der Waals surface area contributed by atoms with Crippen molar-refractivity contribution in [3.63, 3.8) is 0 Å². The summed E-state index contributed by atoms with van der Waals surface area (Å²) in [4.78, 5) is 23.2. The first-order chi connectivity index (χ1) is 15.7. The number of amides is 1. The van der Waals surface area contributed by atoms with Gasteiger partial charge >= 0.3 is 0 Å². The van der Waals surface area contributed by atoms with Gasteiger partial charge in [0, 0.05) is 61.5 Å². The van der Waals surface area contributed by atoms with Gasteiger partial charge in [-0.3, -0.25) is 19.6 Å². The van der Waals surface area contributed by atoms with Crippen LogP contribution in [-0.4, -0.2) is 60.1 Å². The van der Waals surface area contributed by atoms with Crippen LogP contribution in [0.3, 0.4) is 0 Å². The third-order valence-electron chi connectivity index (χ3n) is 6.52. The van der Waals surface area contributed by atoms with Gasteiger partial charge in [0.1, 0.15) is 0 Å². The molecule has 166 valence electrons. The Labute approximate surface area is 189 Å². The first-order valence-electron chi connectivity index (χ1n) is 11.5. The van der Waals surface area contributed by atoms with Crippen molar-refractivity contribution in [3.8, 4) is 0 Å². The summed E-state index contributed by atoms with van der Waals surface area (Å²) in [5, 5.41) is 4.07. The Kier molecular flexibility index (Phi) is 6.17. The SMILES string of the molecule is CCN1CCc2nc3ccccc3c(C(=O)Nc3ccc(CN4CCOCC4)cc3)c2C1. The molecule has 0 aliphatic carbocycles. The van der Waals surface area contributed by atoms with Gasteiger partial charge in [-0.05, 0) is 30.3 Å². The van der Waals surface area contributed by atoms with Gasteiger partial charge < -0.3 is 10.1 Å². The molecule has 32 heavy (non-hydrogen) atoms. The minimum Gasteiger partial charge on any atom is -0.379 e. The standard InChI is InChI=1S/C26H30N4O2/c1-2-29-12-11-24-22(18-29)25(21-5-3-4-6-23(21)28-24)26(31)27-20-9-7-19(8-10-20)17-30-13-15-32-16-14-30/h3-10H,2,11-18H2,1H3,(H,27,31). The summed E-state index contributed by atoms with van der Waals surface area (Å²) in [6.07, 6.45) is 0.879. The molecular formula is C26H30N4O2. The molecule has 1 N–H and O–H groups in total. The van der Waals surface area contributed by atoms with Crippen LogP contribution in [0.2, 0.25) is 0 Å². The summed E-state index contributed by atoms with van der Waals surface area (Å²) >= 11 is 0. The molecule has 6 nitrogen and oxygen atoms in total. The molecule has 3 aromatic rings. The lowest BCUT2D eigenvalue weighted by molar-refractivity contribution is 0.0342. The van der Waals surface area contributed by atoms with E-state index in [4.69, 9.17) is 9.72 Å². The molecule has 2 aliphatic rings. The summed E-state index contributed by atoms with van der Waals surface area (Å²) in [7, 11) is 0. The van der Waals surface area contributed by atoms with Gasteiger partial charge in [0.05, 0.1) is 24.3 Å². The van der Waals surface area contributed by atoms with Gasteiger partial charge in [-0.1, -0.05) is 37.3 Å². The number of fused-ring (bicyclic) bond motifs is 2. The Morgan fingerprint density at radius 1 is 1.03 bits per heavy atom. The molecule has 1 amide bonds. The molecule has 1 fully saturated rings. The predicted molar refractivity (Wildman–Crippen MR) is 127 cm³/mol. The second-order valence-corrected chi connectivity index (χ2v) is 8.59. The first kappa shape index (κ1) is 21.1. The molecule has 5 rings (SSSR count). The minimum absolute atomic E-state index is 0.0567. The fourth-order valence-corrected chi connectivity index (χ4v) is 4.68. The van der Waals surface area contributed by atoms with Crippen molar-refractivity contribution in [1.82, 2.24) is 14.8 Å². The van der Waals surface area contributed by atoms with Gasteiger partial charge in [-0.15, -0.1) is 0 Å². The molecule has 2 aromatic carbocycles. The number of pyridine rings is 1. The van der Waals surface area contributed by atoms with E-state index in [1.165, 1.54) is 5.56 Å². The summed E-state index contributed by atoms with van der Waals surface area (Å²) < 4.78 is 5.43. The Morgan fingerprint density at radius 3 is 2.59 bits per heavy atom. The first-order valence-corrected chi connectivity index (χ1v) is 11.5. The van der Waals surface area contributed by atoms with Crippen LogP contribution in [0.5, 0.6) is 0 Å². The summed E-state index contributed by atoms with van der Waals surface area (Å²) in [5.41, 5.74) is 5.84. The van der Waals surface area contributed by atoms with Crippen molar-refractivity contribution < 1.29 is 9.53 Å². The average Bonchev–Trinajstić information content (AvgIpc) is 2.84. The van der Waals surface area contributed by atoms with Crippen LogP contribution >= 0.6 is 0 Å². The van der Waals surface area contributed by atoms with Gasteiger partial charge in [-0.2, -0.15) is 0 Å². The fourth-order valence-electron chi connectivity index (χ4n) is 4.68. The Balaban J connectivity index is 1.40. The second kappa shape index (κ2) is 9.36. The zero-order chi connectivity index (χ0) is 21.9. The van der Waals surface area contributed by atoms with Gasteiger partial charge in [-0.25, -0.2) is 0 Å². The molecule has 2 aliphatic heterocycles. The van der Waals surface area contributed by atoms with E-state index in [-0.39, 0.29) is 5.91 Å². The number of aromatic nitrogens is 1. The predicted octanol–water partition coefficient (Wildman–Crippen LogP) is 3.70. The number of nitrogens with one attached hydrogen (secondary N) is 1. The molecule has 0 saturated carbocycles. The van der Waals surface area contributed by atoms with Crippen LogP contribution in [-0.2, 0) is 24.2 Å². The third kappa shape index (κ3) is 4.39. The summed E-state index contributed by atoms with van der Waals surface area (Å²) in [5.74, 6) is -0.0567. The number of benzene rings is 2. The molecule has 0 bridgehead atoms. The monoisotopic (exact) mass is 430 g/mol. The number of carbonyl (C=O) groups is 1. The van der Waals surface area contributed by atoms with E-state index in [1.54, 1.807) is 0 Å². The van der Waals surface area contributed by atoms with Gasteiger partial charge in [0.15, 0.2) is 0 Å². The number of morpholine rings is 1. The van der Waals surface area contributed by atoms with Crippen LogP contribution in [0.1, 0.15) is 34.1 Å². The number of anilines is 1. The largest absolute Gasteiger partial charge is 0.379 e. The van der Waals surface area contributed by atoms with E-state index in [0.717, 1.165) is 92.3 Å². The number of likely N-dealkylation sites (N-methyl/N-ethyl adjacent to an activating group) is 1. The number of carbonyl (C=O) groups excluding carboxylic acids is 1. The van der Waals surface area contributed by atoms with E-state index >= 15 is 0 Å². The second-order valence-electron chi connectivity index (χ2n) is 8.59. The van der Waals surface area contributed by atoms with Gasteiger partial charge in [0.25, 0.3) is 5.91 Å². The van der Waals surface area contributed by atoms with Crippen molar-refractivity contribution >= 4 is 22.5 Å². The number of nitrogens with zero attached hydrogens (tertiary/aromatic N) is 3. The van der Waals surface area contributed by atoms with Crippen molar-refractivity contribution in [3.05, 3.63) is 70.9 Å². The molecule has 0 unspecified atom stereocenters. The van der Waals surface area contributed by atoms with E-state index < -0.39 is 0 Å². The Morgan fingerprint density at radius 2 is 1.81 bits per heavy atom. The summed E-state index contributed by atoms with van der Waals surface area (Å²) in [6, 6.07) is 16.2. The van der Waals surface area contributed by atoms with Crippen molar-refractivity contribution in [2.24, 2.45) is 0 Å². The number of ether oxygens (including phenoxy) is 1. The maximum atomic E-state index is 13.5. The molecular weight excluding hydrogens is 400 g/mol. The highest BCUT2D eigenvalue weighted by molar-refractivity contribution is 6.13. The minimum atomic E-state index is -0.0567. The van der Waals surface area contributed by atoms with E-state index in [1.807, 2.05) is 36.4 Å². The van der Waals surface area contributed by atoms with Crippen molar-refractivity contribution in [2.45, 2.75) is 26.4 Å². The molecule has 1 aromatic heterocycles. The molecule has 0 atom stereocenters. The van der Waals surface area contributed by atoms with Crippen LogP contribution < -0.4 is 5.32 Å². The maximum Gasteiger partial charge on any atom is 0.256 e.